The van der Waals surface area contributed by atoms with Crippen LogP contribution in [-0.4, -0.2) is 29.7 Å². The van der Waals surface area contributed by atoms with Crippen molar-refractivity contribution in [3.05, 3.63) is 131 Å². The minimum absolute atomic E-state index is 0.183. The van der Waals surface area contributed by atoms with Crippen LogP contribution in [0.3, 0.4) is 0 Å². The van der Waals surface area contributed by atoms with Gasteiger partial charge in [-0.3, -0.25) is 19.3 Å². The number of ether oxygens (including phenoxy) is 2. The summed E-state index contributed by atoms with van der Waals surface area (Å²) in [5.74, 6) is -1.16. The summed E-state index contributed by atoms with van der Waals surface area (Å²) in [5, 5.41) is 0. The topological polar surface area (TPSA) is 90.0 Å². The van der Waals surface area contributed by atoms with Gasteiger partial charge in [-0.1, -0.05) is 60.7 Å². The molecule has 0 unspecified atom stereocenters. The summed E-state index contributed by atoms with van der Waals surface area (Å²) < 4.78 is 11.2. The van der Waals surface area contributed by atoms with Crippen molar-refractivity contribution in [2.75, 3.05) is 4.90 Å². The van der Waals surface area contributed by atoms with E-state index in [1.165, 1.54) is 29.5 Å². The van der Waals surface area contributed by atoms with Crippen LogP contribution in [0.2, 0.25) is 0 Å². The fourth-order valence-corrected chi connectivity index (χ4v) is 6.18. The lowest BCUT2D eigenvalue weighted by Crippen LogP contribution is -2.31. The highest BCUT2D eigenvalue weighted by Gasteiger charge is 2.50. The van der Waals surface area contributed by atoms with E-state index in [2.05, 4.69) is 12.1 Å². The Balaban J connectivity index is 1.05. The zero-order chi connectivity index (χ0) is 30.6. The Morgan fingerprint density at radius 3 is 2.05 bits per heavy atom. The van der Waals surface area contributed by atoms with Gasteiger partial charge in [-0.25, -0.2) is 4.79 Å². The van der Waals surface area contributed by atoms with Gasteiger partial charge < -0.3 is 9.47 Å². The maximum Gasteiger partial charge on any atom is 0.338 e. The number of carbonyl (C=O) groups excluding carboxylic acids is 4. The molecule has 2 aliphatic rings. The standard InChI is InChI=1S/C37H33NO6/c1-24(34(39)27-14-19-31(20-15-27)43-23-25-8-4-2-5-9-25)44-37(42)28-12-17-30(18-13-28)38-35(40)32-21-16-29(22-33(32)36(38)41)26-10-6-3-7-11-26/h2-15,17-20,24,29,32-33H,16,21-23H2,1H3/t24-,29-,32+,33-/m0/s1. The first-order valence-corrected chi connectivity index (χ1v) is 14.9. The second-order valence-electron chi connectivity index (χ2n) is 11.4. The lowest BCUT2D eigenvalue weighted by molar-refractivity contribution is -0.122. The van der Waals surface area contributed by atoms with E-state index in [4.69, 9.17) is 9.47 Å². The molecule has 0 spiro atoms. The first kappa shape index (κ1) is 29.1. The number of rotatable bonds is 9. The van der Waals surface area contributed by atoms with E-state index in [1.54, 1.807) is 36.4 Å². The molecule has 1 saturated heterocycles. The predicted molar refractivity (Wildman–Crippen MR) is 165 cm³/mol. The Hall–Kier alpha value is -5.04. The zero-order valence-electron chi connectivity index (χ0n) is 24.4. The van der Waals surface area contributed by atoms with E-state index in [-0.39, 0.29) is 40.9 Å². The Morgan fingerprint density at radius 2 is 1.36 bits per heavy atom. The molecule has 0 radical (unpaired) electrons. The molecule has 1 aliphatic heterocycles. The fourth-order valence-electron chi connectivity index (χ4n) is 6.18. The van der Waals surface area contributed by atoms with E-state index in [0.717, 1.165) is 12.0 Å². The molecule has 7 heteroatoms. The van der Waals surface area contributed by atoms with Gasteiger partial charge in [-0.05, 0) is 91.8 Å². The second kappa shape index (κ2) is 12.7. The van der Waals surface area contributed by atoms with E-state index in [0.29, 0.717) is 36.4 Å². The number of hydrogen-bond donors (Lipinski definition) is 0. The minimum Gasteiger partial charge on any atom is -0.489 e. The number of imide groups is 1. The molecule has 4 aromatic rings. The smallest absolute Gasteiger partial charge is 0.338 e. The molecule has 1 aliphatic carbocycles. The summed E-state index contributed by atoms with van der Waals surface area (Å²) in [7, 11) is 0. The number of carbonyl (C=O) groups is 4. The number of benzene rings is 4. The molecule has 44 heavy (non-hydrogen) atoms. The fraction of sp³-hybridized carbons (Fsp3) is 0.243. The van der Waals surface area contributed by atoms with Crippen LogP contribution in [0, 0.1) is 11.8 Å². The van der Waals surface area contributed by atoms with Crippen molar-refractivity contribution in [3.63, 3.8) is 0 Å². The van der Waals surface area contributed by atoms with Gasteiger partial charge in [0.2, 0.25) is 17.6 Å². The van der Waals surface area contributed by atoms with Crippen molar-refractivity contribution in [3.8, 4) is 5.75 Å². The van der Waals surface area contributed by atoms with Crippen molar-refractivity contribution in [1.29, 1.82) is 0 Å². The molecule has 0 aromatic heterocycles. The molecular weight excluding hydrogens is 554 g/mol. The van der Waals surface area contributed by atoms with Crippen LogP contribution in [0.5, 0.6) is 5.75 Å². The summed E-state index contributed by atoms with van der Waals surface area (Å²) in [6.07, 6.45) is 1.17. The largest absolute Gasteiger partial charge is 0.489 e. The molecule has 2 amide bonds. The van der Waals surface area contributed by atoms with Crippen molar-refractivity contribution in [1.82, 2.24) is 0 Å². The van der Waals surface area contributed by atoms with Gasteiger partial charge in [0.05, 0.1) is 23.1 Å². The van der Waals surface area contributed by atoms with Gasteiger partial charge in [0.15, 0.2) is 6.10 Å². The highest BCUT2D eigenvalue weighted by atomic mass is 16.5. The van der Waals surface area contributed by atoms with E-state index >= 15 is 0 Å². The molecule has 222 valence electrons. The third-order valence-electron chi connectivity index (χ3n) is 8.60. The monoisotopic (exact) mass is 587 g/mol. The van der Waals surface area contributed by atoms with Crippen LogP contribution in [0.25, 0.3) is 0 Å². The summed E-state index contributed by atoms with van der Waals surface area (Å²) in [5.41, 5.74) is 3.29. The van der Waals surface area contributed by atoms with Gasteiger partial charge in [-0.15, -0.1) is 0 Å². The number of fused-ring (bicyclic) bond motifs is 1. The summed E-state index contributed by atoms with van der Waals surface area (Å²) >= 11 is 0. The number of anilines is 1. The maximum atomic E-state index is 13.4. The Morgan fingerprint density at radius 1 is 0.750 bits per heavy atom. The van der Waals surface area contributed by atoms with Crippen LogP contribution >= 0.6 is 0 Å². The Kier molecular flexibility index (Phi) is 8.37. The highest BCUT2D eigenvalue weighted by Crippen LogP contribution is 2.45. The normalized spacial score (nSPS) is 20.1. The van der Waals surface area contributed by atoms with Crippen LogP contribution < -0.4 is 9.64 Å². The van der Waals surface area contributed by atoms with Gasteiger partial charge in [0, 0.05) is 5.56 Å². The highest BCUT2D eigenvalue weighted by molar-refractivity contribution is 6.22. The van der Waals surface area contributed by atoms with Crippen molar-refractivity contribution >= 4 is 29.3 Å². The predicted octanol–water partition coefficient (Wildman–Crippen LogP) is 6.77. The third-order valence-corrected chi connectivity index (χ3v) is 8.60. The Labute approximate surface area is 256 Å². The van der Waals surface area contributed by atoms with Crippen LogP contribution in [0.4, 0.5) is 5.69 Å². The quantitative estimate of drug-likeness (QED) is 0.122. The van der Waals surface area contributed by atoms with Crippen LogP contribution in [-0.2, 0) is 20.9 Å². The first-order chi connectivity index (χ1) is 21.4. The van der Waals surface area contributed by atoms with E-state index in [9.17, 15) is 19.2 Å². The van der Waals surface area contributed by atoms with Gasteiger partial charge in [0.1, 0.15) is 12.4 Å². The number of ketones is 1. The molecule has 0 N–H and O–H groups in total. The van der Waals surface area contributed by atoms with E-state index < -0.39 is 12.1 Å². The molecule has 1 heterocycles. The number of nitrogens with zero attached hydrogens (tertiary/aromatic N) is 1. The average molecular weight is 588 g/mol. The molecular formula is C37H33NO6. The minimum atomic E-state index is -1.01. The number of esters is 1. The first-order valence-electron chi connectivity index (χ1n) is 14.9. The molecule has 1 saturated carbocycles. The number of Topliss-reactive ketones (excluding diaryl/α,β-unsaturated/α-hetero) is 1. The lowest BCUT2D eigenvalue weighted by atomic mass is 9.73. The molecule has 4 aromatic carbocycles. The summed E-state index contributed by atoms with van der Waals surface area (Å²) in [6.45, 7) is 1.94. The van der Waals surface area contributed by atoms with Gasteiger partial charge in [0.25, 0.3) is 0 Å². The second-order valence-corrected chi connectivity index (χ2v) is 11.4. The molecule has 6 rings (SSSR count). The molecule has 0 bridgehead atoms. The maximum absolute atomic E-state index is 13.4. The van der Waals surface area contributed by atoms with Crippen LogP contribution in [0.1, 0.15) is 63.9 Å². The summed E-state index contributed by atoms with van der Waals surface area (Å²) in [4.78, 5) is 53.7. The van der Waals surface area contributed by atoms with Crippen LogP contribution in [0.15, 0.2) is 109 Å². The third kappa shape index (κ3) is 6.04. The number of amides is 2. The van der Waals surface area contributed by atoms with Gasteiger partial charge in [-0.2, -0.15) is 0 Å². The van der Waals surface area contributed by atoms with Gasteiger partial charge >= 0.3 is 5.97 Å². The molecule has 4 atom stereocenters. The van der Waals surface area contributed by atoms with Crippen molar-refractivity contribution in [2.24, 2.45) is 11.8 Å². The Bertz CT molecular complexity index is 1650. The number of hydrogen-bond acceptors (Lipinski definition) is 6. The van der Waals surface area contributed by atoms with Crippen molar-refractivity contribution in [2.45, 2.75) is 44.8 Å². The molecule has 7 nitrogen and oxygen atoms in total. The SMILES string of the molecule is C[C@H](OC(=O)c1ccc(N2C(=O)[C@H]3C[C@@H](c4ccccc4)CC[C@H]3C2=O)cc1)C(=O)c1ccc(OCc2ccccc2)cc1. The molecule has 2 fully saturated rings. The van der Waals surface area contributed by atoms with Crippen molar-refractivity contribution < 1.29 is 28.7 Å². The average Bonchev–Trinajstić information content (AvgIpc) is 3.32. The zero-order valence-corrected chi connectivity index (χ0v) is 24.4. The summed E-state index contributed by atoms with van der Waals surface area (Å²) in [6, 6.07) is 32.8. The van der Waals surface area contributed by atoms with E-state index in [1.807, 2.05) is 48.5 Å². The lowest BCUT2D eigenvalue weighted by Gasteiger charge is -2.28.